The summed E-state index contributed by atoms with van der Waals surface area (Å²) in [5.74, 6) is 1.48. The summed E-state index contributed by atoms with van der Waals surface area (Å²) in [5.41, 5.74) is 1.06. The van der Waals surface area contributed by atoms with Crippen LogP contribution in [-0.2, 0) is 0 Å². The Kier molecular flexibility index (Phi) is 6.38. The maximum Gasteiger partial charge on any atom is 0.0970 e. The molecule has 2 saturated heterocycles. The fourth-order valence-electron chi connectivity index (χ4n) is 3.90. The second-order valence-corrected chi connectivity index (χ2v) is 8.45. The first-order valence-electron chi connectivity index (χ1n) is 8.77. The molecule has 3 nitrogen and oxygen atoms in total. The van der Waals surface area contributed by atoms with Gasteiger partial charge in [0.05, 0.1) is 15.2 Å². The Morgan fingerprint density at radius 1 is 1.25 bits per heavy atom. The number of benzene rings is 1. The molecule has 2 aromatic rings. The minimum Gasteiger partial charge on any atom is -0.316 e. The van der Waals surface area contributed by atoms with Crippen molar-refractivity contribution in [1.82, 2.24) is 15.2 Å². The molecule has 4 rings (SSSR count). The van der Waals surface area contributed by atoms with E-state index in [4.69, 9.17) is 16.6 Å². The molecule has 0 bridgehead atoms. The summed E-state index contributed by atoms with van der Waals surface area (Å²) in [4.78, 5) is 7.51. The molecule has 0 saturated carbocycles. The van der Waals surface area contributed by atoms with Crippen molar-refractivity contribution in [3.05, 3.63) is 28.2 Å². The van der Waals surface area contributed by atoms with E-state index in [9.17, 15) is 0 Å². The van der Waals surface area contributed by atoms with Crippen LogP contribution in [0.25, 0.3) is 10.2 Å². The number of hydrogen-bond donors (Lipinski definition) is 1. The van der Waals surface area contributed by atoms with Crippen LogP contribution in [0, 0.1) is 5.92 Å². The van der Waals surface area contributed by atoms with Crippen molar-refractivity contribution in [1.29, 1.82) is 0 Å². The number of aromatic nitrogens is 1. The molecule has 1 aromatic heterocycles. The van der Waals surface area contributed by atoms with E-state index in [1.165, 1.54) is 68.1 Å². The summed E-state index contributed by atoms with van der Waals surface area (Å²) in [7, 11) is 0. The number of halogens is 2. The molecule has 0 radical (unpaired) electrons. The first-order valence-corrected chi connectivity index (χ1v) is 9.96. The van der Waals surface area contributed by atoms with Crippen molar-refractivity contribution in [3.8, 4) is 0 Å². The van der Waals surface area contributed by atoms with Crippen molar-refractivity contribution in [2.24, 2.45) is 5.92 Å². The Hall–Kier alpha value is -0.390. The molecule has 2 fully saturated rings. The second kappa shape index (κ2) is 8.33. The number of piperidine rings is 2. The van der Waals surface area contributed by atoms with Crippen molar-refractivity contribution in [3.63, 3.8) is 0 Å². The van der Waals surface area contributed by atoms with E-state index in [0.717, 1.165) is 16.5 Å². The predicted molar refractivity (Wildman–Crippen MR) is 106 cm³/mol. The van der Waals surface area contributed by atoms with Gasteiger partial charge in [0.2, 0.25) is 0 Å². The molecule has 0 amide bonds. The van der Waals surface area contributed by atoms with Gasteiger partial charge in [-0.25, -0.2) is 4.98 Å². The van der Waals surface area contributed by atoms with Crippen LogP contribution >= 0.6 is 35.3 Å². The fraction of sp³-hybridized carbons (Fsp3) is 0.611. The normalized spacial score (nSPS) is 23.3. The molecule has 1 atom stereocenters. The van der Waals surface area contributed by atoms with E-state index < -0.39 is 0 Å². The summed E-state index contributed by atoms with van der Waals surface area (Å²) in [5, 5.41) is 5.62. The van der Waals surface area contributed by atoms with E-state index >= 15 is 0 Å². The van der Waals surface area contributed by atoms with Crippen molar-refractivity contribution >= 4 is 45.6 Å². The highest BCUT2D eigenvalue weighted by molar-refractivity contribution is 7.18. The average Bonchev–Trinajstić information content (AvgIpc) is 2.99. The molecule has 3 heterocycles. The van der Waals surface area contributed by atoms with Crippen molar-refractivity contribution in [2.45, 2.75) is 31.6 Å². The summed E-state index contributed by atoms with van der Waals surface area (Å²) in [6.07, 6.45) is 5.22. The molecule has 6 heteroatoms. The van der Waals surface area contributed by atoms with Crippen LogP contribution in [-0.4, -0.2) is 42.6 Å². The standard InChI is InChI=1S/C18H24ClN3S.ClH/c19-15-3-4-17-16(10-15)21-18(23-17)14-5-8-22(9-6-14)12-13-2-1-7-20-11-13;/h3-4,10,13-14,20H,1-2,5-9,11-12H2;1H. The van der Waals surface area contributed by atoms with E-state index in [1.807, 2.05) is 23.5 Å². The molecular weight excluding hydrogens is 361 g/mol. The van der Waals surface area contributed by atoms with Crippen LogP contribution in [0.2, 0.25) is 5.02 Å². The minimum absolute atomic E-state index is 0. The third kappa shape index (κ3) is 4.23. The largest absolute Gasteiger partial charge is 0.316 e. The molecule has 1 aromatic carbocycles. The lowest BCUT2D eigenvalue weighted by Gasteiger charge is -2.34. The van der Waals surface area contributed by atoms with Gasteiger partial charge in [0.1, 0.15) is 0 Å². The van der Waals surface area contributed by atoms with E-state index in [2.05, 4.69) is 16.3 Å². The zero-order chi connectivity index (χ0) is 15.6. The number of hydrogen-bond acceptors (Lipinski definition) is 4. The molecular formula is C18H25Cl2N3S. The van der Waals surface area contributed by atoms with Gasteiger partial charge < -0.3 is 10.2 Å². The molecule has 132 valence electrons. The highest BCUT2D eigenvalue weighted by atomic mass is 35.5. The fourth-order valence-corrected chi connectivity index (χ4v) is 5.18. The van der Waals surface area contributed by atoms with E-state index in [1.54, 1.807) is 0 Å². The highest BCUT2D eigenvalue weighted by Crippen LogP contribution is 2.34. The lowest BCUT2D eigenvalue weighted by molar-refractivity contribution is 0.169. The van der Waals surface area contributed by atoms with Gasteiger partial charge in [-0.3, -0.25) is 0 Å². The van der Waals surface area contributed by atoms with Gasteiger partial charge in [0, 0.05) is 17.5 Å². The van der Waals surface area contributed by atoms with E-state index in [-0.39, 0.29) is 12.4 Å². The van der Waals surface area contributed by atoms with Crippen molar-refractivity contribution < 1.29 is 0 Å². The van der Waals surface area contributed by atoms with Gasteiger partial charge in [-0.05, 0) is 76.0 Å². The summed E-state index contributed by atoms with van der Waals surface area (Å²) in [6, 6.07) is 6.05. The number of rotatable bonds is 3. The Morgan fingerprint density at radius 3 is 2.83 bits per heavy atom. The van der Waals surface area contributed by atoms with Gasteiger partial charge in [0.15, 0.2) is 0 Å². The zero-order valence-corrected chi connectivity index (χ0v) is 16.2. The Bertz CT molecular complexity index is 661. The van der Waals surface area contributed by atoms with E-state index in [0.29, 0.717) is 5.92 Å². The molecule has 0 spiro atoms. The Balaban J connectivity index is 0.00000169. The lowest BCUT2D eigenvalue weighted by Crippen LogP contribution is -2.41. The smallest absolute Gasteiger partial charge is 0.0970 e. The molecule has 0 aliphatic carbocycles. The maximum absolute atomic E-state index is 6.08. The van der Waals surface area contributed by atoms with Gasteiger partial charge in [-0.2, -0.15) is 0 Å². The Labute approximate surface area is 159 Å². The number of nitrogens with one attached hydrogen (secondary N) is 1. The molecule has 2 aliphatic rings. The topological polar surface area (TPSA) is 28.2 Å². The number of fused-ring (bicyclic) bond motifs is 1. The molecule has 2 aliphatic heterocycles. The van der Waals surface area contributed by atoms with Gasteiger partial charge in [0.25, 0.3) is 0 Å². The van der Waals surface area contributed by atoms with Crippen LogP contribution < -0.4 is 5.32 Å². The van der Waals surface area contributed by atoms with Gasteiger partial charge in [-0.15, -0.1) is 23.7 Å². The first kappa shape index (κ1) is 18.4. The molecule has 1 N–H and O–H groups in total. The SMILES string of the molecule is Cl.Clc1ccc2sc(C3CCN(CC4CCCNC4)CC3)nc2c1. The van der Waals surface area contributed by atoms with Crippen molar-refractivity contribution in [2.75, 3.05) is 32.7 Å². The minimum atomic E-state index is 0. The van der Waals surface area contributed by atoms with Crippen LogP contribution in [0.3, 0.4) is 0 Å². The molecule has 1 unspecified atom stereocenters. The molecule has 24 heavy (non-hydrogen) atoms. The number of nitrogens with zero attached hydrogens (tertiary/aromatic N) is 2. The predicted octanol–water partition coefficient (Wildman–Crippen LogP) is 4.55. The average molecular weight is 386 g/mol. The third-order valence-electron chi connectivity index (χ3n) is 5.22. The lowest BCUT2D eigenvalue weighted by atomic mass is 9.94. The van der Waals surface area contributed by atoms with Crippen LogP contribution in [0.1, 0.15) is 36.6 Å². The Morgan fingerprint density at radius 2 is 2.08 bits per heavy atom. The van der Waals surface area contributed by atoms with Crippen LogP contribution in [0.15, 0.2) is 18.2 Å². The summed E-state index contributed by atoms with van der Waals surface area (Å²) < 4.78 is 1.26. The monoisotopic (exact) mass is 385 g/mol. The van der Waals surface area contributed by atoms with Gasteiger partial charge >= 0.3 is 0 Å². The zero-order valence-electron chi connectivity index (χ0n) is 13.8. The maximum atomic E-state index is 6.08. The third-order valence-corrected chi connectivity index (χ3v) is 6.65. The number of likely N-dealkylation sites (tertiary alicyclic amines) is 1. The first-order chi connectivity index (χ1) is 11.3. The highest BCUT2D eigenvalue weighted by Gasteiger charge is 2.25. The van der Waals surface area contributed by atoms with Crippen LogP contribution in [0.4, 0.5) is 0 Å². The van der Waals surface area contributed by atoms with Gasteiger partial charge in [-0.1, -0.05) is 11.6 Å². The second-order valence-electron chi connectivity index (χ2n) is 6.95. The van der Waals surface area contributed by atoms with Crippen LogP contribution in [0.5, 0.6) is 0 Å². The summed E-state index contributed by atoms with van der Waals surface area (Å²) in [6.45, 7) is 6.13. The quantitative estimate of drug-likeness (QED) is 0.839. The number of thiazole rings is 1. The summed E-state index contributed by atoms with van der Waals surface area (Å²) >= 11 is 7.93.